The standard InChI is InChI=1S/C18H14F3NO2/c1-24-17(23)9-13-10-22-16-7-4-12(8-15(13)16)11-2-5-14(6-3-11)18(19,20)21/h2-8,10,22H,9H2,1H3. The first-order chi connectivity index (χ1) is 11.4. The molecule has 0 radical (unpaired) electrons. The Labute approximate surface area is 136 Å². The van der Waals surface area contributed by atoms with Crippen molar-refractivity contribution >= 4 is 16.9 Å². The number of carbonyl (C=O) groups is 1. The number of ether oxygens (including phenoxy) is 1. The molecule has 1 aromatic heterocycles. The summed E-state index contributed by atoms with van der Waals surface area (Å²) in [6.45, 7) is 0. The van der Waals surface area contributed by atoms with Gasteiger partial charge in [0.15, 0.2) is 0 Å². The van der Waals surface area contributed by atoms with Gasteiger partial charge in [-0.25, -0.2) is 0 Å². The number of methoxy groups -OCH3 is 1. The highest BCUT2D eigenvalue weighted by Gasteiger charge is 2.29. The number of carbonyl (C=O) groups excluding carboxylic acids is 1. The van der Waals surface area contributed by atoms with Gasteiger partial charge in [-0.2, -0.15) is 13.2 Å². The lowest BCUT2D eigenvalue weighted by Crippen LogP contribution is -2.04. The van der Waals surface area contributed by atoms with Gasteiger partial charge in [0.05, 0.1) is 19.1 Å². The lowest BCUT2D eigenvalue weighted by Gasteiger charge is -2.08. The number of hydrogen-bond donors (Lipinski definition) is 1. The van der Waals surface area contributed by atoms with E-state index in [4.69, 9.17) is 0 Å². The molecular weight excluding hydrogens is 319 g/mol. The van der Waals surface area contributed by atoms with Gasteiger partial charge in [0.25, 0.3) is 0 Å². The first-order valence-electron chi connectivity index (χ1n) is 7.23. The van der Waals surface area contributed by atoms with Crippen molar-refractivity contribution < 1.29 is 22.7 Å². The Morgan fingerprint density at radius 1 is 1.08 bits per heavy atom. The molecule has 1 N–H and O–H groups in total. The van der Waals surface area contributed by atoms with Crippen molar-refractivity contribution in [3.8, 4) is 11.1 Å². The third-order valence-corrected chi connectivity index (χ3v) is 3.88. The Hall–Kier alpha value is -2.76. The maximum absolute atomic E-state index is 12.6. The summed E-state index contributed by atoms with van der Waals surface area (Å²) >= 11 is 0. The predicted molar refractivity (Wildman–Crippen MR) is 84.5 cm³/mol. The zero-order chi connectivity index (χ0) is 17.3. The topological polar surface area (TPSA) is 42.1 Å². The molecule has 6 heteroatoms. The van der Waals surface area contributed by atoms with Crippen LogP contribution in [0, 0.1) is 0 Å². The molecule has 0 unspecified atom stereocenters. The van der Waals surface area contributed by atoms with Crippen LogP contribution in [0.25, 0.3) is 22.0 Å². The number of aromatic amines is 1. The summed E-state index contributed by atoms with van der Waals surface area (Å²) in [7, 11) is 1.32. The second-order valence-electron chi connectivity index (χ2n) is 5.40. The molecule has 0 amide bonds. The number of halogens is 3. The van der Waals surface area contributed by atoms with Gasteiger partial charge in [0, 0.05) is 17.1 Å². The average molecular weight is 333 g/mol. The number of fused-ring (bicyclic) bond motifs is 1. The Kier molecular flexibility index (Phi) is 4.05. The lowest BCUT2D eigenvalue weighted by molar-refractivity contribution is -0.140. The highest BCUT2D eigenvalue weighted by Crippen LogP contribution is 2.32. The molecule has 124 valence electrons. The molecule has 0 bridgehead atoms. The number of esters is 1. The second-order valence-corrected chi connectivity index (χ2v) is 5.40. The van der Waals surface area contributed by atoms with Gasteiger partial charge >= 0.3 is 12.1 Å². The van der Waals surface area contributed by atoms with Crippen LogP contribution in [0.3, 0.4) is 0 Å². The van der Waals surface area contributed by atoms with Crippen LogP contribution >= 0.6 is 0 Å². The second kappa shape index (κ2) is 6.03. The normalized spacial score (nSPS) is 11.7. The minimum Gasteiger partial charge on any atom is -0.469 e. The molecule has 3 rings (SSSR count). The first-order valence-corrected chi connectivity index (χ1v) is 7.23. The third kappa shape index (κ3) is 3.13. The molecule has 0 saturated heterocycles. The molecule has 0 fully saturated rings. The maximum Gasteiger partial charge on any atom is 0.416 e. The van der Waals surface area contributed by atoms with Crippen molar-refractivity contribution in [1.29, 1.82) is 0 Å². The van der Waals surface area contributed by atoms with E-state index in [1.807, 2.05) is 18.2 Å². The van der Waals surface area contributed by atoms with Crippen LogP contribution in [0.4, 0.5) is 13.2 Å². The largest absolute Gasteiger partial charge is 0.469 e. The van der Waals surface area contributed by atoms with Crippen molar-refractivity contribution in [3.05, 3.63) is 59.8 Å². The van der Waals surface area contributed by atoms with E-state index >= 15 is 0 Å². The lowest BCUT2D eigenvalue weighted by atomic mass is 10.0. The van der Waals surface area contributed by atoms with E-state index in [1.54, 1.807) is 6.20 Å². The predicted octanol–water partition coefficient (Wildman–Crippen LogP) is 4.57. The monoisotopic (exact) mass is 333 g/mol. The first kappa shape index (κ1) is 16.1. The van der Waals surface area contributed by atoms with Crippen LogP contribution in [0.2, 0.25) is 0 Å². The van der Waals surface area contributed by atoms with E-state index in [0.717, 1.165) is 34.2 Å². The highest BCUT2D eigenvalue weighted by molar-refractivity contribution is 5.90. The summed E-state index contributed by atoms with van der Waals surface area (Å²) in [5, 5.41) is 0.845. The highest BCUT2D eigenvalue weighted by atomic mass is 19.4. The fraction of sp³-hybridized carbons (Fsp3) is 0.167. The summed E-state index contributed by atoms with van der Waals surface area (Å²) in [6.07, 6.45) is -2.48. The number of alkyl halides is 3. The minimum atomic E-state index is -4.35. The quantitative estimate of drug-likeness (QED) is 0.714. The van der Waals surface area contributed by atoms with Gasteiger partial charge in [0.1, 0.15) is 0 Å². The molecule has 2 aromatic carbocycles. The van der Waals surface area contributed by atoms with Crippen molar-refractivity contribution in [2.45, 2.75) is 12.6 Å². The third-order valence-electron chi connectivity index (χ3n) is 3.88. The molecule has 0 aliphatic rings. The van der Waals surface area contributed by atoms with Crippen LogP contribution < -0.4 is 0 Å². The van der Waals surface area contributed by atoms with Crippen molar-refractivity contribution in [2.75, 3.05) is 7.11 Å². The molecule has 0 spiro atoms. The molecule has 3 aromatic rings. The summed E-state index contributed by atoms with van der Waals surface area (Å²) in [5.41, 5.74) is 2.41. The van der Waals surface area contributed by atoms with Crippen molar-refractivity contribution in [3.63, 3.8) is 0 Å². The van der Waals surface area contributed by atoms with E-state index in [1.165, 1.54) is 19.2 Å². The summed E-state index contributed by atoms with van der Waals surface area (Å²) in [4.78, 5) is 14.5. The maximum atomic E-state index is 12.6. The molecule has 0 saturated carbocycles. The van der Waals surface area contributed by atoms with Crippen LogP contribution in [-0.2, 0) is 22.1 Å². The van der Waals surface area contributed by atoms with E-state index in [-0.39, 0.29) is 12.4 Å². The minimum absolute atomic E-state index is 0.132. The molecule has 0 atom stereocenters. The van der Waals surface area contributed by atoms with Gasteiger partial charge in [-0.05, 0) is 41.0 Å². The average Bonchev–Trinajstić information content (AvgIpc) is 2.96. The van der Waals surface area contributed by atoms with E-state index in [9.17, 15) is 18.0 Å². The Morgan fingerprint density at radius 3 is 2.38 bits per heavy atom. The molecule has 0 aliphatic heterocycles. The van der Waals surface area contributed by atoms with Crippen LogP contribution in [0.5, 0.6) is 0 Å². The zero-order valence-corrected chi connectivity index (χ0v) is 12.8. The van der Waals surface area contributed by atoms with Gasteiger partial charge in [-0.3, -0.25) is 4.79 Å². The summed E-state index contributed by atoms with van der Waals surface area (Å²) < 4.78 is 42.6. The molecular formula is C18H14F3NO2. The van der Waals surface area contributed by atoms with Crippen LogP contribution in [-0.4, -0.2) is 18.1 Å². The van der Waals surface area contributed by atoms with Crippen molar-refractivity contribution in [1.82, 2.24) is 4.98 Å². The van der Waals surface area contributed by atoms with Gasteiger partial charge in [-0.1, -0.05) is 18.2 Å². The number of aromatic nitrogens is 1. The SMILES string of the molecule is COC(=O)Cc1c[nH]c2ccc(-c3ccc(C(F)(F)F)cc3)cc12. The molecule has 24 heavy (non-hydrogen) atoms. The number of hydrogen-bond acceptors (Lipinski definition) is 2. The Balaban J connectivity index is 1.98. The van der Waals surface area contributed by atoms with Gasteiger partial charge in [-0.15, -0.1) is 0 Å². The Bertz CT molecular complexity index is 879. The van der Waals surface area contributed by atoms with E-state index in [2.05, 4.69) is 9.72 Å². The van der Waals surface area contributed by atoms with Crippen LogP contribution in [0.15, 0.2) is 48.7 Å². The number of rotatable bonds is 3. The number of nitrogens with one attached hydrogen (secondary N) is 1. The molecule has 1 heterocycles. The smallest absolute Gasteiger partial charge is 0.416 e. The zero-order valence-electron chi connectivity index (χ0n) is 12.8. The van der Waals surface area contributed by atoms with Gasteiger partial charge < -0.3 is 9.72 Å². The Morgan fingerprint density at radius 2 is 1.75 bits per heavy atom. The van der Waals surface area contributed by atoms with E-state index < -0.39 is 11.7 Å². The summed E-state index contributed by atoms with van der Waals surface area (Å²) in [5.74, 6) is -0.351. The fourth-order valence-corrected chi connectivity index (χ4v) is 2.58. The number of H-pyrrole nitrogens is 1. The molecule has 3 nitrogen and oxygen atoms in total. The van der Waals surface area contributed by atoms with Crippen LogP contribution in [0.1, 0.15) is 11.1 Å². The number of benzene rings is 2. The summed E-state index contributed by atoms with van der Waals surface area (Å²) in [6, 6.07) is 10.5. The van der Waals surface area contributed by atoms with E-state index in [0.29, 0.717) is 5.56 Å². The van der Waals surface area contributed by atoms with Crippen molar-refractivity contribution in [2.24, 2.45) is 0 Å². The fourth-order valence-electron chi connectivity index (χ4n) is 2.58. The van der Waals surface area contributed by atoms with Gasteiger partial charge in [0.2, 0.25) is 0 Å². The molecule has 0 aliphatic carbocycles.